The third kappa shape index (κ3) is 5.94. The molecule has 2 aliphatic rings. The highest BCUT2D eigenvalue weighted by Gasteiger charge is 2.49. The number of H-pyrrole nitrogens is 1. The lowest BCUT2D eigenvalue weighted by molar-refractivity contribution is -0.133. The Morgan fingerprint density at radius 1 is 1.17 bits per heavy atom. The first-order chi connectivity index (χ1) is 18.8. The second-order valence-electron chi connectivity index (χ2n) is 10.3. The number of aromatic nitrogens is 2. The first kappa shape index (κ1) is 30.5. The highest BCUT2D eigenvalue weighted by Crippen LogP contribution is 2.44. The molecule has 1 saturated heterocycles. The quantitative estimate of drug-likeness (QED) is 0.223. The van der Waals surface area contributed by atoms with Gasteiger partial charge in [-0.15, -0.1) is 24.8 Å². The van der Waals surface area contributed by atoms with Crippen molar-refractivity contribution in [3.63, 3.8) is 0 Å². The van der Waals surface area contributed by atoms with Crippen molar-refractivity contribution in [1.29, 1.82) is 0 Å². The van der Waals surface area contributed by atoms with E-state index in [1.165, 1.54) is 0 Å². The number of nitrogens with two attached hydrogens (primary N) is 1. The number of aromatic amines is 1. The lowest BCUT2D eigenvalue weighted by atomic mass is 9.90. The van der Waals surface area contributed by atoms with E-state index in [-0.39, 0.29) is 43.3 Å². The van der Waals surface area contributed by atoms with Crippen molar-refractivity contribution in [1.82, 2.24) is 20.4 Å². The molecule has 0 aliphatic carbocycles. The summed E-state index contributed by atoms with van der Waals surface area (Å²) < 4.78 is 5.85. The van der Waals surface area contributed by atoms with E-state index in [0.717, 1.165) is 27.6 Å². The van der Waals surface area contributed by atoms with Crippen molar-refractivity contribution in [2.24, 2.45) is 0 Å². The van der Waals surface area contributed by atoms with Crippen molar-refractivity contribution in [2.75, 3.05) is 24.1 Å². The van der Waals surface area contributed by atoms with Crippen LogP contribution >= 0.6 is 36.4 Å². The van der Waals surface area contributed by atoms with E-state index < -0.39 is 17.7 Å². The Balaban J connectivity index is 0.00000194. The summed E-state index contributed by atoms with van der Waals surface area (Å²) in [6.07, 6.45) is 0.475. The van der Waals surface area contributed by atoms with Gasteiger partial charge in [-0.25, -0.2) is 4.79 Å². The third-order valence-corrected chi connectivity index (χ3v) is 7.92. The van der Waals surface area contributed by atoms with Gasteiger partial charge in [0.05, 0.1) is 23.8 Å². The lowest BCUT2D eigenvalue weighted by Crippen LogP contribution is -2.49. The molecule has 0 saturated carbocycles. The van der Waals surface area contributed by atoms with Crippen LogP contribution in [0.2, 0.25) is 5.02 Å². The average Bonchev–Trinajstić information content (AvgIpc) is 3.52. The second kappa shape index (κ2) is 12.2. The molecule has 0 bridgehead atoms. The van der Waals surface area contributed by atoms with Crippen molar-refractivity contribution in [3.05, 3.63) is 88.4 Å². The predicted octanol–water partition coefficient (Wildman–Crippen LogP) is 5.59. The first-order valence-corrected chi connectivity index (χ1v) is 13.3. The Kier molecular flexibility index (Phi) is 9.03. The van der Waals surface area contributed by atoms with Crippen molar-refractivity contribution in [2.45, 2.75) is 37.5 Å². The van der Waals surface area contributed by atoms with Gasteiger partial charge in [0.2, 0.25) is 5.91 Å². The molecule has 3 atom stereocenters. The van der Waals surface area contributed by atoms with Crippen molar-refractivity contribution < 1.29 is 14.3 Å². The zero-order valence-corrected chi connectivity index (χ0v) is 24.6. The van der Waals surface area contributed by atoms with Crippen LogP contribution in [0.3, 0.4) is 0 Å². The molecule has 1 unspecified atom stereocenters. The predicted molar refractivity (Wildman–Crippen MR) is 165 cm³/mol. The molecule has 2 aliphatic heterocycles. The summed E-state index contributed by atoms with van der Waals surface area (Å²) in [5, 5.41) is 14.8. The number of nitrogen functional groups attached to an aromatic ring is 1. The summed E-state index contributed by atoms with van der Waals surface area (Å²) in [5.41, 5.74) is 9.34. The topological polar surface area (TPSA) is 125 Å². The van der Waals surface area contributed by atoms with Gasteiger partial charge in [0.15, 0.2) is 11.4 Å². The van der Waals surface area contributed by atoms with E-state index in [0.29, 0.717) is 35.9 Å². The number of nitrogens with one attached hydrogen (secondary N) is 3. The molecular weight excluding hydrogens is 587 g/mol. The molecule has 1 fully saturated rings. The van der Waals surface area contributed by atoms with E-state index in [4.69, 9.17) is 22.1 Å². The maximum atomic E-state index is 14.1. The van der Waals surface area contributed by atoms with Crippen LogP contribution in [-0.4, -0.2) is 46.2 Å². The summed E-state index contributed by atoms with van der Waals surface area (Å²) >= 11 is 6.30. The number of carbonyl (C=O) groups is 2. The molecular formula is C29H31Cl3N6O3. The molecule has 12 heteroatoms. The zero-order valence-electron chi connectivity index (χ0n) is 22.2. The van der Waals surface area contributed by atoms with E-state index >= 15 is 0 Å². The van der Waals surface area contributed by atoms with Crippen LogP contribution in [0.1, 0.15) is 36.1 Å². The first-order valence-electron chi connectivity index (χ1n) is 12.9. The minimum absolute atomic E-state index is 0. The molecule has 2 amide bonds. The minimum atomic E-state index is -0.938. The Hall–Kier alpha value is -3.50. The molecule has 1 aromatic heterocycles. The summed E-state index contributed by atoms with van der Waals surface area (Å²) in [6.45, 7) is 2.75. The molecule has 41 heavy (non-hydrogen) atoms. The number of amides is 2. The van der Waals surface area contributed by atoms with E-state index in [1.54, 1.807) is 17.0 Å². The molecule has 3 aromatic carbocycles. The van der Waals surface area contributed by atoms with Gasteiger partial charge in [0, 0.05) is 35.0 Å². The number of carbonyl (C=O) groups excluding carboxylic acids is 2. The van der Waals surface area contributed by atoms with Crippen LogP contribution in [0.4, 0.5) is 16.3 Å². The van der Waals surface area contributed by atoms with E-state index in [2.05, 4.69) is 20.8 Å². The van der Waals surface area contributed by atoms with Gasteiger partial charge in [-0.1, -0.05) is 48.0 Å². The Morgan fingerprint density at radius 3 is 2.73 bits per heavy atom. The molecule has 216 valence electrons. The van der Waals surface area contributed by atoms with Crippen LogP contribution in [0.5, 0.6) is 0 Å². The summed E-state index contributed by atoms with van der Waals surface area (Å²) in [5.74, 6) is 0.409. The fourth-order valence-corrected chi connectivity index (χ4v) is 5.83. The van der Waals surface area contributed by atoms with Gasteiger partial charge in [-0.2, -0.15) is 5.10 Å². The number of hydrogen-bond donors (Lipinski definition) is 4. The summed E-state index contributed by atoms with van der Waals surface area (Å²) in [7, 11) is 0. The zero-order chi connectivity index (χ0) is 27.1. The van der Waals surface area contributed by atoms with E-state index in [9.17, 15) is 9.59 Å². The standard InChI is InChI=1S/C29H29ClN6O3.2ClH/c1-17(19-7-9-21-24(14-19)34-35-26(21)31)32-25(13-18-5-3-2-4-6-18)27(37)36-12-11-29(16-36)22-15-20(30)8-10-23(22)33-28(38)39-29;;/h2-10,14-15,17,25,32H,11-13,16H2,1H3,(H,33,38)(H3,31,34,35);2*1H/t17?,25-,29-;;/m0../s1. The second-order valence-corrected chi connectivity index (χ2v) is 10.7. The molecule has 5 N–H and O–H groups in total. The average molecular weight is 618 g/mol. The number of nitrogens with zero attached hydrogens (tertiary/aromatic N) is 2. The van der Waals surface area contributed by atoms with Crippen LogP contribution < -0.4 is 16.4 Å². The summed E-state index contributed by atoms with van der Waals surface area (Å²) in [4.78, 5) is 28.3. The molecule has 1 spiro atoms. The van der Waals surface area contributed by atoms with Crippen molar-refractivity contribution >= 4 is 70.8 Å². The number of fused-ring (bicyclic) bond motifs is 3. The summed E-state index contributed by atoms with van der Waals surface area (Å²) in [6, 6.07) is 20.5. The number of hydrogen-bond acceptors (Lipinski definition) is 6. The van der Waals surface area contributed by atoms with Crippen LogP contribution in [0, 0.1) is 0 Å². The Labute approximate surface area is 255 Å². The number of anilines is 2. The van der Waals surface area contributed by atoms with Gasteiger partial charge in [-0.3, -0.25) is 20.5 Å². The highest BCUT2D eigenvalue weighted by atomic mass is 35.5. The maximum Gasteiger partial charge on any atom is 0.412 e. The van der Waals surface area contributed by atoms with Gasteiger partial charge in [0.1, 0.15) is 0 Å². The monoisotopic (exact) mass is 616 g/mol. The molecule has 9 nitrogen and oxygen atoms in total. The van der Waals surface area contributed by atoms with Crippen LogP contribution in [-0.2, 0) is 21.6 Å². The SMILES string of the molecule is CC(N[C@@H](Cc1ccccc1)C(=O)N1CC[C@@]2(C1)OC(=O)Nc1ccc(Cl)cc12)c1ccc2c(N)n[nH]c2c1.Cl.Cl. The largest absolute Gasteiger partial charge is 0.436 e. The minimum Gasteiger partial charge on any atom is -0.436 e. The molecule has 0 radical (unpaired) electrons. The fraction of sp³-hybridized carbons (Fsp3) is 0.276. The highest BCUT2D eigenvalue weighted by molar-refractivity contribution is 6.30. The van der Waals surface area contributed by atoms with Gasteiger partial charge in [0.25, 0.3) is 0 Å². The normalized spacial score (nSPS) is 19.0. The van der Waals surface area contributed by atoms with Gasteiger partial charge >= 0.3 is 6.09 Å². The number of likely N-dealkylation sites (tertiary alicyclic amines) is 1. The Morgan fingerprint density at radius 2 is 1.95 bits per heavy atom. The van der Waals surface area contributed by atoms with Gasteiger partial charge < -0.3 is 15.4 Å². The van der Waals surface area contributed by atoms with Crippen molar-refractivity contribution in [3.8, 4) is 0 Å². The van der Waals surface area contributed by atoms with Gasteiger partial charge in [-0.05, 0) is 54.8 Å². The number of ether oxygens (including phenoxy) is 1. The maximum absolute atomic E-state index is 14.1. The molecule has 6 rings (SSSR count). The fourth-order valence-electron chi connectivity index (χ4n) is 5.66. The molecule has 4 aromatic rings. The number of benzene rings is 3. The Bertz CT molecular complexity index is 1570. The van der Waals surface area contributed by atoms with E-state index in [1.807, 2.05) is 61.5 Å². The lowest BCUT2D eigenvalue weighted by Gasteiger charge is -2.36. The van der Waals surface area contributed by atoms with Crippen LogP contribution in [0.15, 0.2) is 66.7 Å². The number of halogens is 3. The number of rotatable bonds is 6. The molecule has 3 heterocycles. The smallest absolute Gasteiger partial charge is 0.412 e. The third-order valence-electron chi connectivity index (χ3n) is 7.69. The van der Waals surface area contributed by atoms with Crippen LogP contribution in [0.25, 0.3) is 10.9 Å².